The van der Waals surface area contributed by atoms with Gasteiger partial charge in [-0.3, -0.25) is 13.9 Å². The molecule has 0 aromatic heterocycles. The summed E-state index contributed by atoms with van der Waals surface area (Å²) in [6, 6.07) is 9.00. The first-order valence-corrected chi connectivity index (χ1v) is 6.43. The van der Waals surface area contributed by atoms with Crippen LogP contribution in [0.3, 0.4) is 0 Å². The topological polar surface area (TPSA) is 37.4 Å². The molecule has 92 valence electrons. The van der Waals surface area contributed by atoms with E-state index in [-0.39, 0.29) is 17.1 Å². The standard InChI is InChI=1S/C13H17NO2S/c1-4-12(15)17-14(10(2)3)13(16)11-8-6-5-7-9-11/h5-10H,4H2,1-3H3. The monoisotopic (exact) mass is 251 g/mol. The number of carbonyl (C=O) groups excluding carboxylic acids is 2. The molecule has 0 heterocycles. The number of nitrogens with zero attached hydrogens (tertiary/aromatic N) is 1. The molecule has 0 aliphatic rings. The van der Waals surface area contributed by atoms with Crippen LogP contribution in [-0.4, -0.2) is 21.4 Å². The largest absolute Gasteiger partial charge is 0.285 e. The third-order valence-corrected chi connectivity index (χ3v) is 3.46. The van der Waals surface area contributed by atoms with E-state index in [4.69, 9.17) is 0 Å². The summed E-state index contributed by atoms with van der Waals surface area (Å²) in [5.74, 6) is -0.118. The summed E-state index contributed by atoms with van der Waals surface area (Å²) in [5.41, 5.74) is 0.609. The Bertz CT molecular complexity index is 390. The van der Waals surface area contributed by atoms with Crippen molar-refractivity contribution in [3.8, 4) is 0 Å². The van der Waals surface area contributed by atoms with E-state index in [2.05, 4.69) is 0 Å². The lowest BCUT2D eigenvalue weighted by molar-refractivity contribution is -0.110. The maximum atomic E-state index is 12.2. The van der Waals surface area contributed by atoms with Gasteiger partial charge in [-0.1, -0.05) is 25.1 Å². The molecule has 0 radical (unpaired) electrons. The summed E-state index contributed by atoms with van der Waals surface area (Å²) in [5, 5.41) is 0.00276. The van der Waals surface area contributed by atoms with Crippen LogP contribution in [-0.2, 0) is 4.79 Å². The summed E-state index contributed by atoms with van der Waals surface area (Å²) in [6.45, 7) is 5.59. The molecular formula is C13H17NO2S. The number of rotatable bonds is 3. The molecule has 0 atom stereocenters. The van der Waals surface area contributed by atoms with Gasteiger partial charge in [0.05, 0.1) is 0 Å². The van der Waals surface area contributed by atoms with Gasteiger partial charge >= 0.3 is 0 Å². The maximum absolute atomic E-state index is 12.2. The van der Waals surface area contributed by atoms with Crippen molar-refractivity contribution in [3.63, 3.8) is 0 Å². The highest BCUT2D eigenvalue weighted by molar-refractivity contribution is 8.12. The first-order chi connectivity index (χ1) is 8.06. The summed E-state index contributed by atoms with van der Waals surface area (Å²) in [7, 11) is 0. The minimum absolute atomic E-state index is 0.00276. The Labute approximate surface area is 106 Å². The van der Waals surface area contributed by atoms with Crippen LogP contribution in [0.1, 0.15) is 37.6 Å². The van der Waals surface area contributed by atoms with Crippen molar-refractivity contribution < 1.29 is 9.59 Å². The molecule has 1 aromatic rings. The highest BCUT2D eigenvalue weighted by Crippen LogP contribution is 2.20. The Morgan fingerprint density at radius 1 is 1.24 bits per heavy atom. The minimum atomic E-state index is -0.118. The zero-order chi connectivity index (χ0) is 12.8. The molecule has 0 N–H and O–H groups in total. The minimum Gasteiger partial charge on any atom is -0.285 e. The van der Waals surface area contributed by atoms with Crippen molar-refractivity contribution in [1.29, 1.82) is 0 Å². The van der Waals surface area contributed by atoms with E-state index in [0.29, 0.717) is 12.0 Å². The first-order valence-electron chi connectivity index (χ1n) is 5.65. The van der Waals surface area contributed by atoms with Gasteiger partial charge < -0.3 is 0 Å². The van der Waals surface area contributed by atoms with Gasteiger partial charge in [0.15, 0.2) is 0 Å². The SMILES string of the molecule is CCC(=O)SN(C(=O)c1ccccc1)C(C)C. The van der Waals surface area contributed by atoms with Crippen molar-refractivity contribution in [2.75, 3.05) is 0 Å². The normalized spacial score (nSPS) is 10.4. The fraction of sp³-hybridized carbons (Fsp3) is 0.385. The molecule has 0 saturated heterocycles. The molecule has 3 nitrogen and oxygen atoms in total. The molecular weight excluding hydrogens is 234 g/mol. The zero-order valence-corrected chi connectivity index (χ0v) is 11.2. The van der Waals surface area contributed by atoms with Gasteiger partial charge in [0.25, 0.3) is 5.91 Å². The Morgan fingerprint density at radius 3 is 2.29 bits per heavy atom. The molecule has 0 aliphatic heterocycles. The number of benzene rings is 1. The molecule has 0 bridgehead atoms. The lowest BCUT2D eigenvalue weighted by atomic mass is 10.2. The van der Waals surface area contributed by atoms with Crippen LogP contribution in [0.4, 0.5) is 0 Å². The highest BCUT2D eigenvalue weighted by Gasteiger charge is 2.21. The molecule has 1 aromatic carbocycles. The molecule has 4 heteroatoms. The Hall–Kier alpha value is -1.29. The van der Waals surface area contributed by atoms with Crippen LogP contribution >= 0.6 is 11.9 Å². The van der Waals surface area contributed by atoms with Crippen LogP contribution in [0.2, 0.25) is 0 Å². The van der Waals surface area contributed by atoms with Crippen molar-refractivity contribution in [2.45, 2.75) is 33.2 Å². The van der Waals surface area contributed by atoms with Crippen molar-refractivity contribution in [2.24, 2.45) is 0 Å². The van der Waals surface area contributed by atoms with Gasteiger partial charge in [-0.15, -0.1) is 0 Å². The first kappa shape index (κ1) is 13.8. The Kier molecular flexibility index (Phi) is 5.22. The number of carbonyl (C=O) groups is 2. The fourth-order valence-electron chi connectivity index (χ4n) is 1.26. The van der Waals surface area contributed by atoms with Gasteiger partial charge in [-0.2, -0.15) is 0 Å². The molecule has 1 amide bonds. The van der Waals surface area contributed by atoms with Crippen molar-refractivity contribution in [1.82, 2.24) is 4.31 Å². The number of hydrogen-bond acceptors (Lipinski definition) is 3. The third kappa shape index (κ3) is 3.89. The molecule has 0 fully saturated rings. The Balaban J connectivity index is 2.85. The zero-order valence-electron chi connectivity index (χ0n) is 10.3. The summed E-state index contributed by atoms with van der Waals surface area (Å²) < 4.78 is 1.53. The van der Waals surface area contributed by atoms with Crippen LogP contribution in [0.15, 0.2) is 30.3 Å². The Morgan fingerprint density at radius 2 is 1.82 bits per heavy atom. The molecule has 0 unspecified atom stereocenters. The highest BCUT2D eigenvalue weighted by atomic mass is 32.2. The third-order valence-electron chi connectivity index (χ3n) is 2.18. The number of amides is 1. The molecule has 0 saturated carbocycles. The van der Waals surface area contributed by atoms with Gasteiger partial charge in [-0.05, 0) is 26.0 Å². The second kappa shape index (κ2) is 6.45. The van der Waals surface area contributed by atoms with Gasteiger partial charge in [-0.25, -0.2) is 0 Å². The van der Waals surface area contributed by atoms with E-state index in [1.54, 1.807) is 19.1 Å². The molecule has 17 heavy (non-hydrogen) atoms. The predicted molar refractivity (Wildman–Crippen MR) is 70.6 cm³/mol. The molecule has 0 spiro atoms. The molecule has 1 rings (SSSR count). The van der Waals surface area contributed by atoms with Crippen molar-refractivity contribution >= 4 is 23.0 Å². The maximum Gasteiger partial charge on any atom is 0.264 e. The predicted octanol–water partition coefficient (Wildman–Crippen LogP) is 3.12. The van der Waals surface area contributed by atoms with Crippen LogP contribution in [0.25, 0.3) is 0 Å². The van der Waals surface area contributed by atoms with Crippen LogP contribution in [0.5, 0.6) is 0 Å². The van der Waals surface area contributed by atoms with E-state index in [9.17, 15) is 9.59 Å². The fourth-order valence-corrected chi connectivity index (χ4v) is 2.01. The lowest BCUT2D eigenvalue weighted by Gasteiger charge is -2.24. The van der Waals surface area contributed by atoms with Gasteiger partial charge in [0.2, 0.25) is 5.12 Å². The summed E-state index contributed by atoms with van der Waals surface area (Å²) in [6.07, 6.45) is 0.427. The van der Waals surface area contributed by atoms with Crippen LogP contribution < -0.4 is 0 Å². The molecule has 0 aliphatic carbocycles. The van der Waals surface area contributed by atoms with E-state index >= 15 is 0 Å². The van der Waals surface area contributed by atoms with Crippen molar-refractivity contribution in [3.05, 3.63) is 35.9 Å². The average Bonchev–Trinajstić information content (AvgIpc) is 2.35. The number of hydrogen-bond donors (Lipinski definition) is 0. The second-order valence-electron chi connectivity index (χ2n) is 3.91. The van der Waals surface area contributed by atoms with E-state index in [0.717, 1.165) is 11.9 Å². The second-order valence-corrected chi connectivity index (χ2v) is 4.94. The average molecular weight is 251 g/mol. The summed E-state index contributed by atoms with van der Waals surface area (Å²) >= 11 is 1.00. The van der Waals surface area contributed by atoms with E-state index in [1.165, 1.54) is 4.31 Å². The quantitative estimate of drug-likeness (QED) is 0.775. The van der Waals surface area contributed by atoms with Crippen LogP contribution in [0, 0.1) is 0 Å². The van der Waals surface area contributed by atoms with Gasteiger partial charge in [0.1, 0.15) is 0 Å². The van der Waals surface area contributed by atoms with Gasteiger partial charge in [0, 0.05) is 30.0 Å². The van der Waals surface area contributed by atoms with E-state index in [1.807, 2.05) is 32.0 Å². The smallest absolute Gasteiger partial charge is 0.264 e. The van der Waals surface area contributed by atoms with E-state index < -0.39 is 0 Å². The lowest BCUT2D eigenvalue weighted by Crippen LogP contribution is -2.32. The summed E-state index contributed by atoms with van der Waals surface area (Å²) in [4.78, 5) is 23.6.